The van der Waals surface area contributed by atoms with Crippen molar-refractivity contribution in [2.45, 2.75) is 51.4 Å². The summed E-state index contributed by atoms with van der Waals surface area (Å²) in [4.78, 5) is 17.3. The molecule has 1 saturated heterocycles. The monoisotopic (exact) mass is 483 g/mol. The van der Waals surface area contributed by atoms with Gasteiger partial charge in [0.1, 0.15) is 11.9 Å². The minimum atomic E-state index is -0.194. The fourth-order valence-corrected chi connectivity index (χ4v) is 5.02. The van der Waals surface area contributed by atoms with Gasteiger partial charge in [0.05, 0.1) is 29.7 Å². The van der Waals surface area contributed by atoms with Crippen molar-refractivity contribution in [3.05, 3.63) is 58.0 Å². The Balaban J connectivity index is 1.51. The topological polar surface area (TPSA) is 84.9 Å². The molecule has 1 unspecified atom stereocenters. The van der Waals surface area contributed by atoms with Crippen LogP contribution in [-0.2, 0) is 16.1 Å². The van der Waals surface area contributed by atoms with Crippen molar-refractivity contribution in [3.63, 3.8) is 0 Å². The van der Waals surface area contributed by atoms with Crippen LogP contribution >= 0.6 is 23.4 Å². The minimum absolute atomic E-state index is 0.0977. The Morgan fingerprint density at radius 2 is 2.18 bits per heavy atom. The van der Waals surface area contributed by atoms with Crippen LogP contribution in [0.25, 0.3) is 5.69 Å². The zero-order valence-electron chi connectivity index (χ0n) is 18.9. The van der Waals surface area contributed by atoms with Crippen molar-refractivity contribution < 1.29 is 9.53 Å². The maximum atomic E-state index is 12.9. The molecule has 0 radical (unpaired) electrons. The van der Waals surface area contributed by atoms with Gasteiger partial charge in [-0.2, -0.15) is 5.26 Å². The smallest absolute Gasteiger partial charge is 0.235 e. The van der Waals surface area contributed by atoms with Crippen LogP contribution in [0.4, 0.5) is 5.82 Å². The van der Waals surface area contributed by atoms with Gasteiger partial charge < -0.3 is 14.6 Å². The number of rotatable bonds is 7. The van der Waals surface area contributed by atoms with Crippen LogP contribution in [0.15, 0.2) is 35.7 Å². The van der Waals surface area contributed by atoms with Crippen LogP contribution in [0.2, 0.25) is 5.02 Å². The lowest BCUT2D eigenvalue weighted by Crippen LogP contribution is -2.22. The largest absolute Gasteiger partial charge is 0.376 e. The number of anilines is 1. The third-order valence-corrected chi connectivity index (χ3v) is 7.42. The van der Waals surface area contributed by atoms with Crippen LogP contribution in [0.1, 0.15) is 35.2 Å². The molecule has 1 aliphatic heterocycles. The number of carbonyl (C=O) groups is 1. The average molecular weight is 484 g/mol. The number of amides is 1. The van der Waals surface area contributed by atoms with Gasteiger partial charge in [-0.15, -0.1) is 0 Å². The zero-order valence-corrected chi connectivity index (χ0v) is 20.5. The molecule has 3 aromatic rings. The molecule has 1 amide bonds. The number of hydrogen-bond donors (Lipinski definition) is 1. The SMILES string of the molecule is Cc1c(Cl)cccc1-n1ccnc1SCC(=O)Nc1c(C#N)c(C)c(C)n1CC1CCCO1. The summed E-state index contributed by atoms with van der Waals surface area (Å²) in [5.74, 6) is 0.507. The molecule has 0 saturated carbocycles. The molecule has 1 aromatic carbocycles. The summed E-state index contributed by atoms with van der Waals surface area (Å²) >= 11 is 7.61. The first-order valence-corrected chi connectivity index (χ1v) is 12.2. The molecule has 172 valence electrons. The number of nitrogens with one attached hydrogen (secondary N) is 1. The Hall–Kier alpha value is -2.73. The van der Waals surface area contributed by atoms with Crippen molar-refractivity contribution in [3.8, 4) is 11.8 Å². The summed E-state index contributed by atoms with van der Waals surface area (Å²) < 4.78 is 9.71. The Morgan fingerprint density at radius 3 is 2.91 bits per heavy atom. The van der Waals surface area contributed by atoms with E-state index < -0.39 is 0 Å². The standard InChI is InChI=1S/C24H26ClN5O2S/c1-15-17(3)30(13-18-6-5-11-32-18)23(19(15)12-26)28-22(31)14-33-24-27-9-10-29(24)21-8-4-7-20(25)16(21)2/h4,7-10,18H,5-6,11,13-14H2,1-3H3,(H,28,31). The predicted molar refractivity (Wildman–Crippen MR) is 130 cm³/mol. The minimum Gasteiger partial charge on any atom is -0.376 e. The molecule has 4 rings (SSSR count). The lowest BCUT2D eigenvalue weighted by molar-refractivity contribution is -0.113. The van der Waals surface area contributed by atoms with Gasteiger partial charge in [-0.25, -0.2) is 4.98 Å². The second-order valence-electron chi connectivity index (χ2n) is 8.09. The lowest BCUT2D eigenvalue weighted by Gasteiger charge is -2.17. The average Bonchev–Trinajstić information content (AvgIpc) is 3.53. The molecular formula is C24H26ClN5O2S. The van der Waals surface area contributed by atoms with Crippen LogP contribution in [0.5, 0.6) is 0 Å². The molecule has 1 aliphatic rings. The van der Waals surface area contributed by atoms with E-state index in [0.29, 0.717) is 28.1 Å². The Morgan fingerprint density at radius 1 is 1.36 bits per heavy atom. The van der Waals surface area contributed by atoms with Crippen molar-refractivity contribution in [2.75, 3.05) is 17.7 Å². The molecule has 7 nitrogen and oxygen atoms in total. The van der Waals surface area contributed by atoms with E-state index in [1.54, 1.807) is 6.20 Å². The highest BCUT2D eigenvalue weighted by Gasteiger charge is 2.24. The highest BCUT2D eigenvalue weighted by Crippen LogP contribution is 2.30. The molecule has 1 N–H and O–H groups in total. The first-order valence-electron chi connectivity index (χ1n) is 10.8. The number of hydrogen-bond acceptors (Lipinski definition) is 5. The number of thioether (sulfide) groups is 1. The van der Waals surface area contributed by atoms with Gasteiger partial charge in [-0.1, -0.05) is 29.4 Å². The predicted octanol–water partition coefficient (Wildman–Crippen LogP) is 5.03. The van der Waals surface area contributed by atoms with E-state index in [0.717, 1.165) is 42.0 Å². The molecule has 0 spiro atoms. The zero-order chi connectivity index (χ0) is 23.5. The molecule has 1 atom stereocenters. The van der Waals surface area contributed by atoms with Gasteiger partial charge in [-0.05, 0) is 56.9 Å². The Labute approximate surface area is 202 Å². The first-order chi connectivity index (χ1) is 15.9. The van der Waals surface area contributed by atoms with Crippen molar-refractivity contribution >= 4 is 35.1 Å². The maximum absolute atomic E-state index is 12.9. The summed E-state index contributed by atoms with van der Waals surface area (Å²) in [6.45, 7) is 7.21. The van der Waals surface area contributed by atoms with E-state index in [2.05, 4.69) is 16.4 Å². The van der Waals surface area contributed by atoms with E-state index in [9.17, 15) is 10.1 Å². The van der Waals surface area contributed by atoms with Gasteiger partial charge in [-0.3, -0.25) is 9.36 Å². The molecule has 2 aromatic heterocycles. The molecule has 33 heavy (non-hydrogen) atoms. The fraction of sp³-hybridized carbons (Fsp3) is 0.375. The van der Waals surface area contributed by atoms with Crippen LogP contribution in [0.3, 0.4) is 0 Å². The van der Waals surface area contributed by atoms with Gasteiger partial charge >= 0.3 is 0 Å². The number of imidazole rings is 1. The summed E-state index contributed by atoms with van der Waals surface area (Å²) in [5, 5.41) is 14.1. The van der Waals surface area contributed by atoms with Gasteiger partial charge in [0.15, 0.2) is 5.16 Å². The molecule has 0 bridgehead atoms. The van der Waals surface area contributed by atoms with E-state index >= 15 is 0 Å². The number of nitriles is 1. The molecule has 0 aliphatic carbocycles. The second-order valence-corrected chi connectivity index (χ2v) is 9.44. The van der Waals surface area contributed by atoms with Crippen LogP contribution in [0, 0.1) is 32.1 Å². The van der Waals surface area contributed by atoms with Gasteiger partial charge in [0, 0.05) is 29.7 Å². The second kappa shape index (κ2) is 10.0. The summed E-state index contributed by atoms with van der Waals surface area (Å²) in [5.41, 5.74) is 4.22. The lowest BCUT2D eigenvalue weighted by atomic mass is 10.2. The third-order valence-electron chi connectivity index (χ3n) is 6.05. The van der Waals surface area contributed by atoms with E-state index in [1.165, 1.54) is 11.8 Å². The number of halogens is 1. The van der Waals surface area contributed by atoms with Crippen molar-refractivity contribution in [1.29, 1.82) is 5.26 Å². The number of nitrogens with zero attached hydrogens (tertiary/aromatic N) is 4. The summed E-state index contributed by atoms with van der Waals surface area (Å²) in [6.07, 6.45) is 5.67. The highest BCUT2D eigenvalue weighted by atomic mass is 35.5. The summed E-state index contributed by atoms with van der Waals surface area (Å²) in [7, 11) is 0. The molecule has 9 heteroatoms. The third kappa shape index (κ3) is 4.81. The number of aromatic nitrogens is 3. The molecular weight excluding hydrogens is 458 g/mol. The quantitative estimate of drug-likeness (QED) is 0.476. The normalized spacial score (nSPS) is 15.5. The first kappa shape index (κ1) is 23.4. The van der Waals surface area contributed by atoms with Crippen LogP contribution in [-0.4, -0.2) is 38.5 Å². The van der Waals surface area contributed by atoms with E-state index in [4.69, 9.17) is 16.3 Å². The van der Waals surface area contributed by atoms with Crippen molar-refractivity contribution in [2.24, 2.45) is 0 Å². The molecule has 3 heterocycles. The highest BCUT2D eigenvalue weighted by molar-refractivity contribution is 7.99. The fourth-order valence-electron chi connectivity index (χ4n) is 4.09. The van der Waals surface area contributed by atoms with E-state index in [-0.39, 0.29) is 17.8 Å². The van der Waals surface area contributed by atoms with Crippen LogP contribution < -0.4 is 5.32 Å². The Bertz CT molecular complexity index is 1220. The summed E-state index contributed by atoms with van der Waals surface area (Å²) in [6, 6.07) is 7.96. The van der Waals surface area contributed by atoms with Gasteiger partial charge in [0.2, 0.25) is 5.91 Å². The number of carbonyl (C=O) groups excluding carboxylic acids is 1. The number of benzene rings is 1. The molecule has 1 fully saturated rings. The Kier molecular flexibility index (Phi) is 7.13. The number of ether oxygens (including phenoxy) is 1. The maximum Gasteiger partial charge on any atom is 0.235 e. The van der Waals surface area contributed by atoms with Gasteiger partial charge in [0.25, 0.3) is 0 Å². The van der Waals surface area contributed by atoms with E-state index in [1.807, 2.05) is 54.3 Å². The van der Waals surface area contributed by atoms with Crippen molar-refractivity contribution in [1.82, 2.24) is 14.1 Å².